The second-order valence-corrected chi connectivity index (χ2v) is 6.98. The number of fused-ring (bicyclic) bond motifs is 1. The molecule has 1 N–H and O–H groups in total. The lowest BCUT2D eigenvalue weighted by Crippen LogP contribution is -2.17. The Morgan fingerprint density at radius 2 is 1.73 bits per heavy atom. The lowest BCUT2D eigenvalue weighted by molar-refractivity contribution is 0.448. The number of benzene rings is 2. The van der Waals surface area contributed by atoms with E-state index in [1.807, 2.05) is 44.2 Å². The maximum atomic E-state index is 12.4. The highest BCUT2D eigenvalue weighted by Crippen LogP contribution is 2.24. The summed E-state index contributed by atoms with van der Waals surface area (Å²) >= 11 is 0. The molecule has 0 saturated heterocycles. The van der Waals surface area contributed by atoms with Crippen LogP contribution in [0.25, 0.3) is 11.0 Å². The van der Waals surface area contributed by atoms with Crippen molar-refractivity contribution in [3.05, 3.63) is 59.3 Å². The molecule has 3 aromatic rings. The van der Waals surface area contributed by atoms with Gasteiger partial charge in [0.15, 0.2) is 5.58 Å². The molecule has 0 saturated carbocycles. The Bertz CT molecular complexity index is 909. The molecule has 0 radical (unpaired) electrons. The Morgan fingerprint density at radius 1 is 1.05 bits per heavy atom. The van der Waals surface area contributed by atoms with E-state index in [0.29, 0.717) is 17.0 Å². The molecule has 0 fully saturated rings. The van der Waals surface area contributed by atoms with Crippen LogP contribution in [0.1, 0.15) is 16.8 Å². The third kappa shape index (κ3) is 2.82. The first-order valence-electron chi connectivity index (χ1n) is 6.86. The minimum Gasteiger partial charge on any atom is -0.356 e. The molecule has 2 aromatic carbocycles. The first kappa shape index (κ1) is 14.6. The van der Waals surface area contributed by atoms with Gasteiger partial charge in [0.2, 0.25) is 10.0 Å². The fourth-order valence-corrected chi connectivity index (χ4v) is 3.66. The van der Waals surface area contributed by atoms with E-state index < -0.39 is 10.0 Å². The Morgan fingerprint density at radius 3 is 2.45 bits per heavy atom. The summed E-state index contributed by atoms with van der Waals surface area (Å²) in [5.41, 5.74) is 3.38. The van der Waals surface area contributed by atoms with Crippen LogP contribution in [-0.2, 0) is 15.8 Å². The third-order valence-electron chi connectivity index (χ3n) is 3.52. The smallest absolute Gasteiger partial charge is 0.238 e. The number of aryl methyl sites for hydroxylation is 2. The molecular formula is C16H16N2O3S. The minimum absolute atomic E-state index is 0.224. The van der Waals surface area contributed by atoms with E-state index in [9.17, 15) is 8.42 Å². The number of hydrogen-bond acceptors (Lipinski definition) is 4. The van der Waals surface area contributed by atoms with Crippen LogP contribution >= 0.6 is 0 Å². The van der Waals surface area contributed by atoms with E-state index in [1.54, 1.807) is 12.1 Å². The molecule has 0 atom stereocenters. The van der Waals surface area contributed by atoms with Crippen molar-refractivity contribution in [2.75, 3.05) is 4.72 Å². The molecule has 0 amide bonds. The van der Waals surface area contributed by atoms with Gasteiger partial charge in [0.1, 0.15) is 11.4 Å². The van der Waals surface area contributed by atoms with E-state index in [4.69, 9.17) is 4.52 Å². The maximum Gasteiger partial charge on any atom is 0.238 e. The van der Waals surface area contributed by atoms with Crippen LogP contribution in [0.3, 0.4) is 0 Å². The van der Waals surface area contributed by atoms with Gasteiger partial charge < -0.3 is 4.52 Å². The van der Waals surface area contributed by atoms with E-state index in [-0.39, 0.29) is 5.75 Å². The predicted octanol–water partition coefficient (Wildman–Crippen LogP) is 3.39. The highest BCUT2D eigenvalue weighted by atomic mass is 32.2. The highest BCUT2D eigenvalue weighted by molar-refractivity contribution is 7.91. The van der Waals surface area contributed by atoms with Crippen molar-refractivity contribution in [1.82, 2.24) is 5.16 Å². The van der Waals surface area contributed by atoms with E-state index in [1.165, 1.54) is 0 Å². The number of hydrogen-bond donors (Lipinski definition) is 1. The molecule has 0 aliphatic carbocycles. The summed E-state index contributed by atoms with van der Waals surface area (Å²) in [6.07, 6.45) is 0. The van der Waals surface area contributed by atoms with Gasteiger partial charge in [-0.15, -0.1) is 0 Å². The summed E-state index contributed by atoms with van der Waals surface area (Å²) in [6, 6.07) is 12.8. The summed E-state index contributed by atoms with van der Waals surface area (Å²) < 4.78 is 32.6. The van der Waals surface area contributed by atoms with Gasteiger partial charge in [0.25, 0.3) is 0 Å². The van der Waals surface area contributed by atoms with Gasteiger partial charge >= 0.3 is 0 Å². The van der Waals surface area contributed by atoms with Crippen molar-refractivity contribution >= 4 is 26.7 Å². The molecule has 5 nitrogen and oxygen atoms in total. The van der Waals surface area contributed by atoms with E-state index in [0.717, 1.165) is 16.5 Å². The Kier molecular flexibility index (Phi) is 3.62. The number of anilines is 1. The molecule has 0 spiro atoms. The molecule has 0 aliphatic heterocycles. The number of rotatable bonds is 4. The van der Waals surface area contributed by atoms with Crippen molar-refractivity contribution in [3.63, 3.8) is 0 Å². The number of sulfonamides is 1. The Labute approximate surface area is 129 Å². The highest BCUT2D eigenvalue weighted by Gasteiger charge is 2.18. The van der Waals surface area contributed by atoms with Gasteiger partial charge in [-0.05, 0) is 37.1 Å². The fourth-order valence-electron chi connectivity index (χ4n) is 2.39. The standard InChI is InChI=1S/C16H16N2O3S/c1-11-6-5-7-12(2)16(11)18-22(19,20)10-14-13-8-3-4-9-15(13)21-17-14/h3-9,18H,10H2,1-2H3. The first-order chi connectivity index (χ1) is 10.5. The molecule has 22 heavy (non-hydrogen) atoms. The van der Waals surface area contributed by atoms with E-state index in [2.05, 4.69) is 9.88 Å². The SMILES string of the molecule is Cc1cccc(C)c1NS(=O)(=O)Cc1noc2ccccc12. The number of aromatic nitrogens is 1. The van der Waals surface area contributed by atoms with Crippen molar-refractivity contribution in [2.45, 2.75) is 19.6 Å². The number of para-hydroxylation sites is 2. The average molecular weight is 316 g/mol. The Balaban J connectivity index is 1.91. The van der Waals surface area contributed by atoms with Crippen molar-refractivity contribution in [2.24, 2.45) is 0 Å². The molecule has 0 aliphatic rings. The second kappa shape index (κ2) is 5.46. The second-order valence-electron chi connectivity index (χ2n) is 5.25. The van der Waals surface area contributed by atoms with Crippen LogP contribution in [0.2, 0.25) is 0 Å². The number of nitrogens with zero attached hydrogens (tertiary/aromatic N) is 1. The van der Waals surface area contributed by atoms with Crippen molar-refractivity contribution < 1.29 is 12.9 Å². The van der Waals surface area contributed by atoms with Crippen LogP contribution in [0.4, 0.5) is 5.69 Å². The largest absolute Gasteiger partial charge is 0.356 e. The van der Waals surface area contributed by atoms with Gasteiger partial charge in [-0.25, -0.2) is 8.42 Å². The van der Waals surface area contributed by atoms with Crippen LogP contribution in [0, 0.1) is 13.8 Å². The maximum absolute atomic E-state index is 12.4. The van der Waals surface area contributed by atoms with Crippen LogP contribution in [0.15, 0.2) is 47.0 Å². The quantitative estimate of drug-likeness (QED) is 0.801. The van der Waals surface area contributed by atoms with Gasteiger partial charge in [-0.1, -0.05) is 35.5 Å². The molecule has 6 heteroatoms. The summed E-state index contributed by atoms with van der Waals surface area (Å²) in [4.78, 5) is 0. The van der Waals surface area contributed by atoms with Crippen molar-refractivity contribution in [3.8, 4) is 0 Å². The lowest BCUT2D eigenvalue weighted by Gasteiger charge is -2.12. The van der Waals surface area contributed by atoms with Gasteiger partial charge in [0.05, 0.1) is 5.69 Å². The van der Waals surface area contributed by atoms with E-state index >= 15 is 0 Å². The summed E-state index contributed by atoms with van der Waals surface area (Å²) in [6.45, 7) is 3.74. The van der Waals surface area contributed by atoms with Gasteiger partial charge in [-0.3, -0.25) is 4.72 Å². The predicted molar refractivity (Wildman–Crippen MR) is 86.2 cm³/mol. The zero-order valence-electron chi connectivity index (χ0n) is 12.3. The molecule has 3 rings (SSSR count). The van der Waals surface area contributed by atoms with Crippen LogP contribution in [-0.4, -0.2) is 13.6 Å². The van der Waals surface area contributed by atoms with Gasteiger partial charge in [0, 0.05) is 5.39 Å². The Hall–Kier alpha value is -2.34. The monoisotopic (exact) mass is 316 g/mol. The zero-order valence-corrected chi connectivity index (χ0v) is 13.1. The van der Waals surface area contributed by atoms with Crippen molar-refractivity contribution in [1.29, 1.82) is 0 Å². The summed E-state index contributed by atoms with van der Waals surface area (Å²) in [5, 5.41) is 4.59. The average Bonchev–Trinajstić information content (AvgIpc) is 2.86. The lowest BCUT2D eigenvalue weighted by atomic mass is 10.1. The summed E-state index contributed by atoms with van der Waals surface area (Å²) in [7, 11) is -3.57. The first-order valence-corrected chi connectivity index (χ1v) is 8.51. The normalized spacial score (nSPS) is 11.7. The minimum atomic E-state index is -3.57. The topological polar surface area (TPSA) is 72.2 Å². The van der Waals surface area contributed by atoms with Crippen LogP contribution in [0.5, 0.6) is 0 Å². The molecule has 0 unspecified atom stereocenters. The molecule has 1 heterocycles. The molecular weight excluding hydrogens is 300 g/mol. The third-order valence-corrected chi connectivity index (χ3v) is 4.69. The fraction of sp³-hybridized carbons (Fsp3) is 0.188. The van der Waals surface area contributed by atoms with Crippen LogP contribution < -0.4 is 4.72 Å². The molecule has 1 aromatic heterocycles. The zero-order chi connectivity index (χ0) is 15.7. The summed E-state index contributed by atoms with van der Waals surface area (Å²) in [5.74, 6) is -0.224. The molecule has 114 valence electrons. The number of nitrogens with one attached hydrogen (secondary N) is 1. The molecule has 0 bridgehead atoms. The van der Waals surface area contributed by atoms with Gasteiger partial charge in [-0.2, -0.15) is 0 Å².